The highest BCUT2D eigenvalue weighted by Crippen LogP contribution is 2.24. The SMILES string of the molecule is O=C(O)c1cccc(S(=O)(=O)/N=C2C=C/C(=N\S(=O)(=O)c3cccc(C(=O)O)c3)c3ccccc3\2)c1. The molecular formula is C24H16N2O8S2. The van der Waals surface area contributed by atoms with E-state index >= 15 is 0 Å². The molecule has 2 N–H and O–H groups in total. The van der Waals surface area contributed by atoms with E-state index in [0.717, 1.165) is 12.1 Å². The summed E-state index contributed by atoms with van der Waals surface area (Å²) in [6.07, 6.45) is 2.56. The van der Waals surface area contributed by atoms with E-state index in [0.29, 0.717) is 0 Å². The number of rotatable bonds is 6. The Balaban J connectivity index is 1.78. The molecule has 0 atom stereocenters. The fraction of sp³-hybridized carbons (Fsp3) is 0. The summed E-state index contributed by atoms with van der Waals surface area (Å²) in [5.41, 5.74) is 0.119. The van der Waals surface area contributed by atoms with E-state index in [1.54, 1.807) is 12.1 Å². The zero-order valence-electron chi connectivity index (χ0n) is 18.1. The van der Waals surface area contributed by atoms with Gasteiger partial charge in [0.2, 0.25) is 0 Å². The van der Waals surface area contributed by atoms with Gasteiger partial charge in [0.25, 0.3) is 20.0 Å². The van der Waals surface area contributed by atoms with Crippen molar-refractivity contribution in [2.24, 2.45) is 8.80 Å². The molecule has 0 unspecified atom stereocenters. The third-order valence-electron chi connectivity index (χ3n) is 5.07. The number of fused-ring (bicyclic) bond motifs is 1. The smallest absolute Gasteiger partial charge is 0.335 e. The van der Waals surface area contributed by atoms with Gasteiger partial charge < -0.3 is 10.2 Å². The summed E-state index contributed by atoms with van der Waals surface area (Å²) in [5, 5.41) is 18.3. The lowest BCUT2D eigenvalue weighted by molar-refractivity contribution is 0.0685. The quantitative estimate of drug-likeness (QED) is 0.496. The van der Waals surface area contributed by atoms with Crippen LogP contribution in [-0.2, 0) is 20.0 Å². The van der Waals surface area contributed by atoms with Crippen LogP contribution >= 0.6 is 0 Å². The van der Waals surface area contributed by atoms with Crippen molar-refractivity contribution in [1.29, 1.82) is 0 Å². The lowest BCUT2D eigenvalue weighted by Crippen LogP contribution is -2.16. The molecule has 3 aromatic carbocycles. The molecule has 3 aromatic rings. The Kier molecular flexibility index (Phi) is 6.39. The van der Waals surface area contributed by atoms with E-state index in [9.17, 15) is 26.4 Å². The molecule has 10 nitrogen and oxygen atoms in total. The van der Waals surface area contributed by atoms with Gasteiger partial charge in [0.15, 0.2) is 0 Å². The first kappa shape index (κ1) is 24.7. The van der Waals surface area contributed by atoms with Crippen LogP contribution in [-0.4, -0.2) is 50.4 Å². The summed E-state index contributed by atoms with van der Waals surface area (Å²) in [7, 11) is -8.61. The molecule has 36 heavy (non-hydrogen) atoms. The largest absolute Gasteiger partial charge is 0.478 e. The average Bonchev–Trinajstić information content (AvgIpc) is 2.85. The van der Waals surface area contributed by atoms with Crippen LogP contribution < -0.4 is 0 Å². The van der Waals surface area contributed by atoms with Gasteiger partial charge in [-0.15, -0.1) is 0 Å². The van der Waals surface area contributed by atoms with E-state index in [4.69, 9.17) is 10.2 Å². The minimum atomic E-state index is -4.31. The Labute approximate surface area is 205 Å². The third kappa shape index (κ3) is 4.99. The van der Waals surface area contributed by atoms with Gasteiger partial charge in [-0.3, -0.25) is 0 Å². The molecule has 1 aliphatic rings. The number of benzene rings is 3. The Morgan fingerprint density at radius 3 is 1.33 bits per heavy atom. The number of hydrogen-bond acceptors (Lipinski definition) is 6. The van der Waals surface area contributed by atoms with Crippen molar-refractivity contribution in [1.82, 2.24) is 0 Å². The number of aromatic carboxylic acids is 2. The van der Waals surface area contributed by atoms with E-state index in [-0.39, 0.29) is 43.5 Å². The standard InChI is InChI=1S/C24H16N2O8S2/c27-23(28)15-5-3-7-17(13-15)35(31,32)25-21-11-12-22(20-10-2-1-9-19(20)21)26-36(33,34)18-8-4-6-16(14-18)24(29)30/h1-14H,(H,27,28)(H,29,30)/b25-21+,26-22+. The molecule has 0 amide bonds. The number of carboxylic acids is 2. The van der Waals surface area contributed by atoms with Crippen molar-refractivity contribution < 1.29 is 36.6 Å². The minimum Gasteiger partial charge on any atom is -0.478 e. The van der Waals surface area contributed by atoms with Crippen LogP contribution in [0.5, 0.6) is 0 Å². The number of nitrogens with zero attached hydrogens (tertiary/aromatic N) is 2. The zero-order valence-corrected chi connectivity index (χ0v) is 19.8. The monoisotopic (exact) mass is 524 g/mol. The van der Waals surface area contributed by atoms with E-state index in [2.05, 4.69) is 8.80 Å². The summed E-state index contributed by atoms with van der Waals surface area (Å²) < 4.78 is 59.2. The van der Waals surface area contributed by atoms with Crippen LogP contribution in [0.4, 0.5) is 0 Å². The van der Waals surface area contributed by atoms with Gasteiger partial charge in [-0.05, 0) is 48.6 Å². The maximum absolute atomic E-state index is 12.9. The molecule has 0 saturated heterocycles. The van der Waals surface area contributed by atoms with Gasteiger partial charge in [-0.25, -0.2) is 9.59 Å². The lowest BCUT2D eigenvalue weighted by Gasteiger charge is -2.15. The van der Waals surface area contributed by atoms with Gasteiger partial charge in [-0.2, -0.15) is 25.6 Å². The molecule has 0 fully saturated rings. The van der Waals surface area contributed by atoms with Gasteiger partial charge in [0, 0.05) is 11.1 Å². The molecule has 0 radical (unpaired) electrons. The summed E-state index contributed by atoms with van der Waals surface area (Å²) in [4.78, 5) is 21.8. The van der Waals surface area contributed by atoms with Crippen molar-refractivity contribution in [3.05, 3.63) is 107 Å². The Morgan fingerprint density at radius 2 is 0.972 bits per heavy atom. The molecule has 0 bridgehead atoms. The van der Waals surface area contributed by atoms with Gasteiger partial charge in [0.05, 0.1) is 32.3 Å². The molecule has 0 aliphatic heterocycles. The van der Waals surface area contributed by atoms with Crippen molar-refractivity contribution in [2.75, 3.05) is 0 Å². The Hall–Kier alpha value is -4.42. The topological polar surface area (TPSA) is 168 Å². The number of allylic oxidation sites excluding steroid dienone is 2. The fourth-order valence-corrected chi connectivity index (χ4v) is 5.47. The van der Waals surface area contributed by atoms with Crippen molar-refractivity contribution >= 4 is 43.4 Å². The van der Waals surface area contributed by atoms with E-state index < -0.39 is 32.0 Å². The van der Waals surface area contributed by atoms with Gasteiger partial charge in [-0.1, -0.05) is 36.4 Å². The molecule has 0 saturated carbocycles. The summed E-state index contributed by atoms with van der Waals surface area (Å²) in [6, 6.07) is 15.8. The molecule has 1 aliphatic carbocycles. The first-order chi connectivity index (χ1) is 17.0. The predicted octanol–water partition coefficient (Wildman–Crippen LogP) is 3.01. The number of carbonyl (C=O) groups is 2. The van der Waals surface area contributed by atoms with Crippen LogP contribution in [0.2, 0.25) is 0 Å². The second-order valence-corrected chi connectivity index (χ2v) is 10.7. The maximum atomic E-state index is 12.9. The van der Waals surface area contributed by atoms with Crippen LogP contribution in [0.3, 0.4) is 0 Å². The molecule has 0 spiro atoms. The molecular weight excluding hydrogens is 508 g/mol. The number of sulfonamides is 2. The van der Waals surface area contributed by atoms with Crippen LogP contribution in [0.15, 0.2) is 104 Å². The minimum absolute atomic E-state index is 0.00412. The molecule has 0 heterocycles. The summed E-state index contributed by atoms with van der Waals surface area (Å²) in [5.74, 6) is -2.59. The second-order valence-electron chi connectivity index (χ2n) is 7.45. The van der Waals surface area contributed by atoms with Crippen LogP contribution in [0, 0.1) is 0 Å². The normalized spacial score (nSPS) is 15.6. The molecule has 182 valence electrons. The number of hydrogen-bond donors (Lipinski definition) is 2. The highest BCUT2D eigenvalue weighted by molar-refractivity contribution is 7.90. The van der Waals surface area contributed by atoms with Crippen molar-refractivity contribution in [3.63, 3.8) is 0 Å². The highest BCUT2D eigenvalue weighted by Gasteiger charge is 2.23. The Morgan fingerprint density at radius 1 is 0.583 bits per heavy atom. The molecule has 4 rings (SSSR count). The molecule has 12 heteroatoms. The van der Waals surface area contributed by atoms with Crippen molar-refractivity contribution in [2.45, 2.75) is 9.79 Å². The van der Waals surface area contributed by atoms with E-state index in [1.165, 1.54) is 60.7 Å². The summed E-state index contributed by atoms with van der Waals surface area (Å²) in [6.45, 7) is 0. The third-order valence-corrected chi connectivity index (χ3v) is 7.65. The zero-order chi connectivity index (χ0) is 26.1. The fourth-order valence-electron chi connectivity index (χ4n) is 3.37. The highest BCUT2D eigenvalue weighted by atomic mass is 32.2. The van der Waals surface area contributed by atoms with Crippen molar-refractivity contribution in [3.8, 4) is 0 Å². The average molecular weight is 525 g/mol. The summed E-state index contributed by atoms with van der Waals surface area (Å²) >= 11 is 0. The van der Waals surface area contributed by atoms with E-state index in [1.807, 2.05) is 0 Å². The maximum Gasteiger partial charge on any atom is 0.335 e. The van der Waals surface area contributed by atoms with Gasteiger partial charge in [0.1, 0.15) is 0 Å². The first-order valence-electron chi connectivity index (χ1n) is 10.1. The number of carboxylic acid groups (broad SMARTS) is 2. The Bertz CT molecular complexity index is 1590. The van der Waals surface area contributed by atoms with Crippen LogP contribution in [0.1, 0.15) is 31.8 Å². The van der Waals surface area contributed by atoms with Gasteiger partial charge >= 0.3 is 11.9 Å². The predicted molar refractivity (Wildman–Crippen MR) is 130 cm³/mol. The molecule has 0 aromatic heterocycles. The lowest BCUT2D eigenvalue weighted by atomic mass is 9.94. The first-order valence-corrected chi connectivity index (χ1v) is 13.0. The second kappa shape index (κ2) is 9.32. The van der Waals surface area contributed by atoms with Crippen LogP contribution in [0.25, 0.3) is 0 Å².